The molecule has 0 radical (unpaired) electrons. The number of nitrogens with zero attached hydrogens (tertiary/aromatic N) is 2. The van der Waals surface area contributed by atoms with E-state index in [0.717, 1.165) is 11.1 Å². The van der Waals surface area contributed by atoms with Gasteiger partial charge in [-0.2, -0.15) is 4.31 Å². The molecule has 0 aliphatic carbocycles. The third kappa shape index (κ3) is 4.62. The summed E-state index contributed by atoms with van der Waals surface area (Å²) >= 11 is 0. The van der Waals surface area contributed by atoms with Crippen molar-refractivity contribution < 1.29 is 13.2 Å². The Balaban J connectivity index is 1.68. The summed E-state index contributed by atoms with van der Waals surface area (Å²) < 4.78 is 26.7. The number of hydrogen-bond donors (Lipinski definition) is 1. The number of benzene rings is 2. The minimum Gasteiger partial charge on any atom is -0.321 e. The monoisotopic (exact) mass is 395 g/mol. The van der Waals surface area contributed by atoms with Gasteiger partial charge in [0.05, 0.1) is 16.8 Å². The van der Waals surface area contributed by atoms with Crippen molar-refractivity contribution in [3.8, 4) is 0 Å². The van der Waals surface area contributed by atoms with Crippen LogP contribution in [0.25, 0.3) is 0 Å². The number of anilines is 1. The first-order valence-electron chi connectivity index (χ1n) is 8.69. The van der Waals surface area contributed by atoms with Gasteiger partial charge in [-0.1, -0.05) is 29.8 Å². The average Bonchev–Trinajstić information content (AvgIpc) is 2.69. The summed E-state index contributed by atoms with van der Waals surface area (Å²) in [6, 6.07) is 17.1. The second kappa shape index (κ2) is 8.33. The quantitative estimate of drug-likeness (QED) is 0.693. The standard InChI is InChI=1S/C21H21N3O3S/c1-16-5-11-20(12-6-16)28(26,27)24(2)15-17-7-9-18(10-8-17)21(25)23-19-4-3-13-22-14-19/h3-14H,15H2,1-2H3,(H,23,25). The molecular weight excluding hydrogens is 374 g/mol. The number of rotatable bonds is 6. The van der Waals surface area contributed by atoms with Crippen LogP contribution in [0.3, 0.4) is 0 Å². The Kier molecular flexibility index (Phi) is 5.87. The summed E-state index contributed by atoms with van der Waals surface area (Å²) in [5.41, 5.74) is 2.88. The molecular formula is C21H21N3O3S. The van der Waals surface area contributed by atoms with Crippen LogP contribution in [-0.2, 0) is 16.6 Å². The van der Waals surface area contributed by atoms with E-state index in [2.05, 4.69) is 10.3 Å². The highest BCUT2D eigenvalue weighted by Crippen LogP contribution is 2.18. The van der Waals surface area contributed by atoms with Crippen LogP contribution in [0.1, 0.15) is 21.5 Å². The van der Waals surface area contributed by atoms with Gasteiger partial charge >= 0.3 is 0 Å². The van der Waals surface area contributed by atoms with Crippen LogP contribution in [0.4, 0.5) is 5.69 Å². The van der Waals surface area contributed by atoms with Crippen molar-refractivity contribution >= 4 is 21.6 Å². The van der Waals surface area contributed by atoms with E-state index in [1.807, 2.05) is 6.92 Å². The largest absolute Gasteiger partial charge is 0.321 e. The molecule has 7 heteroatoms. The number of pyridine rings is 1. The Morgan fingerprint density at radius 3 is 2.32 bits per heavy atom. The van der Waals surface area contributed by atoms with Gasteiger partial charge in [-0.05, 0) is 48.9 Å². The first-order chi connectivity index (χ1) is 13.4. The molecule has 3 aromatic rings. The van der Waals surface area contributed by atoms with Crippen molar-refractivity contribution in [1.29, 1.82) is 0 Å². The number of aromatic nitrogens is 1. The van der Waals surface area contributed by atoms with E-state index in [4.69, 9.17) is 0 Å². The van der Waals surface area contributed by atoms with Crippen LogP contribution in [0.5, 0.6) is 0 Å². The third-order valence-electron chi connectivity index (χ3n) is 4.27. The topological polar surface area (TPSA) is 79.4 Å². The van der Waals surface area contributed by atoms with E-state index in [0.29, 0.717) is 11.3 Å². The average molecular weight is 395 g/mol. The molecule has 0 saturated carbocycles. The van der Waals surface area contributed by atoms with Crippen LogP contribution in [0.2, 0.25) is 0 Å². The molecule has 0 bridgehead atoms. The van der Waals surface area contributed by atoms with Gasteiger partial charge in [0.1, 0.15) is 0 Å². The third-order valence-corrected chi connectivity index (χ3v) is 6.09. The fourth-order valence-electron chi connectivity index (χ4n) is 2.63. The molecule has 2 aromatic carbocycles. The summed E-state index contributed by atoms with van der Waals surface area (Å²) in [7, 11) is -2.03. The molecule has 0 aliphatic heterocycles. The van der Waals surface area contributed by atoms with Crippen molar-refractivity contribution in [2.75, 3.05) is 12.4 Å². The zero-order valence-corrected chi connectivity index (χ0v) is 16.5. The van der Waals surface area contributed by atoms with Gasteiger partial charge in [0, 0.05) is 25.4 Å². The second-order valence-corrected chi connectivity index (χ2v) is 8.51. The predicted octanol–water partition coefficient (Wildman–Crippen LogP) is 3.46. The van der Waals surface area contributed by atoms with Gasteiger partial charge in [-0.15, -0.1) is 0 Å². The van der Waals surface area contributed by atoms with Gasteiger partial charge in [0.25, 0.3) is 5.91 Å². The number of amides is 1. The van der Waals surface area contributed by atoms with Crippen LogP contribution >= 0.6 is 0 Å². The van der Waals surface area contributed by atoms with E-state index in [-0.39, 0.29) is 17.3 Å². The second-order valence-electron chi connectivity index (χ2n) is 6.47. The van der Waals surface area contributed by atoms with Crippen LogP contribution in [-0.4, -0.2) is 30.7 Å². The molecule has 0 unspecified atom stereocenters. The number of nitrogens with one attached hydrogen (secondary N) is 1. The van der Waals surface area contributed by atoms with E-state index in [9.17, 15) is 13.2 Å². The van der Waals surface area contributed by atoms with Crippen LogP contribution in [0.15, 0.2) is 78.0 Å². The number of carbonyl (C=O) groups is 1. The number of hydrogen-bond acceptors (Lipinski definition) is 4. The molecule has 3 rings (SSSR count). The van der Waals surface area contributed by atoms with E-state index in [1.54, 1.807) is 73.1 Å². The lowest BCUT2D eigenvalue weighted by atomic mass is 10.1. The molecule has 0 saturated heterocycles. The Morgan fingerprint density at radius 2 is 1.71 bits per heavy atom. The molecule has 0 aliphatic rings. The minimum absolute atomic E-state index is 0.209. The molecule has 1 aromatic heterocycles. The van der Waals surface area contributed by atoms with Gasteiger partial charge in [0.15, 0.2) is 0 Å². The molecule has 144 valence electrons. The van der Waals surface area contributed by atoms with Crippen molar-refractivity contribution in [2.24, 2.45) is 0 Å². The molecule has 1 amide bonds. The maximum atomic E-state index is 12.7. The molecule has 28 heavy (non-hydrogen) atoms. The zero-order chi connectivity index (χ0) is 20.1. The summed E-state index contributed by atoms with van der Waals surface area (Å²) in [6.45, 7) is 2.12. The van der Waals surface area contributed by atoms with E-state index in [1.165, 1.54) is 11.4 Å². The van der Waals surface area contributed by atoms with Crippen molar-refractivity contribution in [1.82, 2.24) is 9.29 Å². The van der Waals surface area contributed by atoms with Crippen LogP contribution < -0.4 is 5.32 Å². The lowest BCUT2D eigenvalue weighted by molar-refractivity contribution is 0.102. The molecule has 0 atom stereocenters. The van der Waals surface area contributed by atoms with Crippen LogP contribution in [0, 0.1) is 6.92 Å². The number of aryl methyl sites for hydroxylation is 1. The summed E-state index contributed by atoms with van der Waals surface area (Å²) in [5, 5.41) is 2.76. The Hall–Kier alpha value is -3.03. The SMILES string of the molecule is Cc1ccc(S(=O)(=O)N(C)Cc2ccc(C(=O)Nc3cccnc3)cc2)cc1. The van der Waals surface area contributed by atoms with Crippen molar-refractivity contribution in [3.05, 3.63) is 89.7 Å². The fourth-order valence-corrected chi connectivity index (χ4v) is 3.79. The molecule has 6 nitrogen and oxygen atoms in total. The zero-order valence-electron chi connectivity index (χ0n) is 15.7. The van der Waals surface area contributed by atoms with Gasteiger partial charge < -0.3 is 5.32 Å². The highest BCUT2D eigenvalue weighted by Gasteiger charge is 2.20. The summed E-state index contributed by atoms with van der Waals surface area (Å²) in [5.74, 6) is -0.250. The van der Waals surface area contributed by atoms with E-state index >= 15 is 0 Å². The Bertz CT molecular complexity index is 1050. The lowest BCUT2D eigenvalue weighted by Gasteiger charge is -2.17. The summed E-state index contributed by atoms with van der Waals surface area (Å²) in [4.78, 5) is 16.5. The predicted molar refractivity (Wildman–Crippen MR) is 108 cm³/mol. The maximum Gasteiger partial charge on any atom is 0.255 e. The van der Waals surface area contributed by atoms with Gasteiger partial charge in [-0.25, -0.2) is 8.42 Å². The summed E-state index contributed by atoms with van der Waals surface area (Å²) in [6.07, 6.45) is 3.20. The number of sulfonamides is 1. The molecule has 1 N–H and O–H groups in total. The van der Waals surface area contributed by atoms with E-state index < -0.39 is 10.0 Å². The Labute approximate surface area is 164 Å². The van der Waals surface area contributed by atoms with Crippen molar-refractivity contribution in [3.63, 3.8) is 0 Å². The highest BCUT2D eigenvalue weighted by atomic mass is 32.2. The fraction of sp³-hybridized carbons (Fsp3) is 0.143. The lowest BCUT2D eigenvalue weighted by Crippen LogP contribution is -2.26. The van der Waals surface area contributed by atoms with Gasteiger partial charge in [0.2, 0.25) is 10.0 Å². The normalized spacial score (nSPS) is 11.4. The molecule has 1 heterocycles. The Morgan fingerprint density at radius 1 is 1.04 bits per heavy atom. The molecule has 0 spiro atoms. The maximum absolute atomic E-state index is 12.7. The van der Waals surface area contributed by atoms with Gasteiger partial charge in [-0.3, -0.25) is 9.78 Å². The van der Waals surface area contributed by atoms with Crippen molar-refractivity contribution in [2.45, 2.75) is 18.4 Å². The first kappa shape index (κ1) is 19.7. The minimum atomic E-state index is -3.57. The highest BCUT2D eigenvalue weighted by molar-refractivity contribution is 7.89. The number of carbonyl (C=O) groups excluding carboxylic acids is 1. The molecule has 0 fully saturated rings. The first-order valence-corrected chi connectivity index (χ1v) is 10.1. The smallest absolute Gasteiger partial charge is 0.255 e.